The van der Waals surface area contributed by atoms with Crippen LogP contribution in [0.4, 0.5) is 4.79 Å². The van der Waals surface area contributed by atoms with E-state index in [0.717, 1.165) is 17.3 Å². The Hall–Kier alpha value is -1.24. The lowest BCUT2D eigenvalue weighted by atomic mass is 10.1. The molecule has 2 aliphatic rings. The van der Waals surface area contributed by atoms with Gasteiger partial charge in [0.25, 0.3) is 5.91 Å². The number of amidine groups is 1. The van der Waals surface area contributed by atoms with Crippen LogP contribution in [0, 0.1) is 5.92 Å². The maximum atomic E-state index is 12.0. The fourth-order valence-electron chi connectivity index (χ4n) is 2.34. The third-order valence-corrected chi connectivity index (χ3v) is 4.63. The van der Waals surface area contributed by atoms with Gasteiger partial charge in [-0.2, -0.15) is 0 Å². The first-order valence-electron chi connectivity index (χ1n) is 7.00. The average molecular weight is 298 g/mol. The highest BCUT2D eigenvalue weighted by Gasteiger charge is 2.47. The van der Waals surface area contributed by atoms with Crippen molar-refractivity contribution in [3.63, 3.8) is 0 Å². The highest BCUT2D eigenvalue weighted by atomic mass is 32.2. The summed E-state index contributed by atoms with van der Waals surface area (Å²) >= 11 is 1.67. The van der Waals surface area contributed by atoms with Gasteiger partial charge in [-0.1, -0.05) is 25.6 Å². The largest absolute Gasteiger partial charge is 0.336 e. The van der Waals surface area contributed by atoms with Gasteiger partial charge < -0.3 is 9.80 Å². The van der Waals surface area contributed by atoms with E-state index in [1.807, 2.05) is 11.8 Å². The molecule has 0 spiro atoms. The summed E-state index contributed by atoms with van der Waals surface area (Å²) in [5.41, 5.74) is 0. The lowest BCUT2D eigenvalue weighted by molar-refractivity contribution is -0.127. The highest BCUT2D eigenvalue weighted by molar-refractivity contribution is 8.13. The Bertz CT molecular complexity index is 438. The molecular weight excluding hydrogens is 276 g/mol. The van der Waals surface area contributed by atoms with E-state index in [1.54, 1.807) is 18.8 Å². The number of nitrogens with zero attached hydrogens (tertiary/aromatic N) is 3. The van der Waals surface area contributed by atoms with Gasteiger partial charge in [0.15, 0.2) is 17.4 Å². The number of carbonyl (C=O) groups excluding carboxylic acids is 2. The average Bonchev–Trinajstić information content (AvgIpc) is 2.75. The Morgan fingerprint density at radius 3 is 2.70 bits per heavy atom. The van der Waals surface area contributed by atoms with Crippen LogP contribution in [0.25, 0.3) is 0 Å². The Morgan fingerprint density at radius 2 is 2.10 bits per heavy atom. The fraction of sp³-hybridized carbons (Fsp3) is 0.769. The number of amides is 3. The molecule has 0 bridgehead atoms. The first kappa shape index (κ1) is 15.2. The van der Waals surface area contributed by atoms with Gasteiger partial charge in [0.1, 0.15) is 0 Å². The number of aliphatic imine (C=N–C) groups is 1. The summed E-state index contributed by atoms with van der Waals surface area (Å²) in [6, 6.07) is -0.756. The first-order chi connectivity index (χ1) is 9.45. The van der Waals surface area contributed by atoms with Crippen LogP contribution in [0.3, 0.4) is 0 Å². The molecule has 7 heteroatoms. The van der Waals surface area contributed by atoms with E-state index in [2.05, 4.69) is 24.2 Å². The van der Waals surface area contributed by atoms with Crippen molar-refractivity contribution in [1.29, 1.82) is 0 Å². The predicted molar refractivity (Wildman–Crippen MR) is 80.6 cm³/mol. The van der Waals surface area contributed by atoms with Gasteiger partial charge in [-0.25, -0.2) is 9.79 Å². The van der Waals surface area contributed by atoms with Crippen LogP contribution in [-0.4, -0.2) is 58.5 Å². The molecule has 112 valence electrons. The summed E-state index contributed by atoms with van der Waals surface area (Å²) in [4.78, 5) is 31.8. The topological polar surface area (TPSA) is 65.0 Å². The molecule has 0 aromatic heterocycles. The van der Waals surface area contributed by atoms with Crippen LogP contribution in [-0.2, 0) is 4.79 Å². The van der Waals surface area contributed by atoms with Crippen LogP contribution >= 0.6 is 11.8 Å². The SMILES string of the molecule is CCN1C(SCCC(C)C)=NC2C1C(=O)NC(=O)N2C. The summed E-state index contributed by atoms with van der Waals surface area (Å²) in [5, 5.41) is 3.26. The number of nitrogens with one attached hydrogen (secondary N) is 1. The van der Waals surface area contributed by atoms with E-state index >= 15 is 0 Å². The number of likely N-dealkylation sites (N-methyl/N-ethyl adjacent to an activating group) is 2. The molecule has 1 fully saturated rings. The molecule has 2 heterocycles. The zero-order chi connectivity index (χ0) is 14.9. The normalized spacial score (nSPS) is 25.9. The van der Waals surface area contributed by atoms with E-state index in [1.165, 1.54) is 4.90 Å². The molecule has 1 saturated heterocycles. The van der Waals surface area contributed by atoms with E-state index in [4.69, 9.17) is 0 Å². The van der Waals surface area contributed by atoms with Crippen molar-refractivity contribution in [2.45, 2.75) is 39.4 Å². The van der Waals surface area contributed by atoms with Crippen LogP contribution in [0.15, 0.2) is 4.99 Å². The highest BCUT2D eigenvalue weighted by Crippen LogP contribution is 2.28. The van der Waals surface area contributed by atoms with Gasteiger partial charge in [0.2, 0.25) is 0 Å². The van der Waals surface area contributed by atoms with E-state index in [0.29, 0.717) is 12.5 Å². The van der Waals surface area contributed by atoms with Gasteiger partial charge in [0, 0.05) is 19.3 Å². The van der Waals surface area contributed by atoms with Crippen LogP contribution in [0.5, 0.6) is 0 Å². The van der Waals surface area contributed by atoms with Gasteiger partial charge in [-0.05, 0) is 19.3 Å². The smallest absolute Gasteiger partial charge is 0.325 e. The maximum absolute atomic E-state index is 12.0. The molecule has 0 saturated carbocycles. The Morgan fingerprint density at radius 1 is 1.40 bits per heavy atom. The zero-order valence-electron chi connectivity index (χ0n) is 12.4. The standard InChI is InChI=1S/C13H22N4O2S/c1-5-17-9-10(16(4)12(19)15-11(9)18)14-13(17)20-7-6-8(2)3/h8-10H,5-7H2,1-4H3,(H,15,18,19). The van der Waals surface area contributed by atoms with Crippen LogP contribution in [0.1, 0.15) is 27.2 Å². The molecule has 1 N–H and O–H groups in total. The minimum atomic E-state index is -0.391. The Kier molecular flexibility index (Phi) is 4.57. The molecule has 20 heavy (non-hydrogen) atoms. The third-order valence-electron chi connectivity index (χ3n) is 3.59. The van der Waals surface area contributed by atoms with Crippen molar-refractivity contribution in [3.8, 4) is 0 Å². The Balaban J connectivity index is 2.12. The number of thioether (sulfide) groups is 1. The molecule has 2 aliphatic heterocycles. The van der Waals surface area contributed by atoms with E-state index in [-0.39, 0.29) is 18.0 Å². The second-order valence-corrected chi connectivity index (χ2v) is 6.55. The molecule has 0 aromatic carbocycles. The van der Waals surface area contributed by atoms with Gasteiger partial charge >= 0.3 is 6.03 Å². The number of imide groups is 1. The maximum Gasteiger partial charge on any atom is 0.325 e. The third kappa shape index (κ3) is 2.77. The summed E-state index contributed by atoms with van der Waals surface area (Å²) in [5.74, 6) is 1.38. The molecule has 2 unspecified atom stereocenters. The van der Waals surface area contributed by atoms with Crippen LogP contribution < -0.4 is 5.32 Å². The van der Waals surface area contributed by atoms with Crippen molar-refractivity contribution in [2.24, 2.45) is 10.9 Å². The number of hydrogen-bond donors (Lipinski definition) is 1. The number of rotatable bonds is 4. The molecular formula is C13H22N4O2S. The summed E-state index contributed by atoms with van der Waals surface area (Å²) in [7, 11) is 1.68. The van der Waals surface area contributed by atoms with E-state index in [9.17, 15) is 9.59 Å². The second-order valence-electron chi connectivity index (χ2n) is 5.49. The number of urea groups is 1. The quantitative estimate of drug-likeness (QED) is 0.850. The molecule has 2 atom stereocenters. The van der Waals surface area contributed by atoms with E-state index < -0.39 is 6.17 Å². The molecule has 2 rings (SSSR count). The van der Waals surface area contributed by atoms with Crippen molar-refractivity contribution in [3.05, 3.63) is 0 Å². The molecule has 0 aromatic rings. The van der Waals surface area contributed by atoms with Crippen molar-refractivity contribution in [1.82, 2.24) is 15.1 Å². The summed E-state index contributed by atoms with van der Waals surface area (Å²) in [6.45, 7) is 7.09. The minimum absolute atomic E-state index is 0.247. The Labute approximate surface area is 124 Å². The molecule has 0 radical (unpaired) electrons. The first-order valence-corrected chi connectivity index (χ1v) is 7.99. The molecule has 0 aliphatic carbocycles. The fourth-order valence-corrected chi connectivity index (χ4v) is 3.70. The minimum Gasteiger partial charge on any atom is -0.336 e. The number of hydrogen-bond acceptors (Lipinski definition) is 5. The molecule has 6 nitrogen and oxygen atoms in total. The number of carbonyl (C=O) groups is 2. The monoisotopic (exact) mass is 298 g/mol. The van der Waals surface area contributed by atoms with Crippen molar-refractivity contribution in [2.75, 3.05) is 19.3 Å². The van der Waals surface area contributed by atoms with Crippen molar-refractivity contribution < 1.29 is 9.59 Å². The predicted octanol–water partition coefficient (Wildman–Crippen LogP) is 1.33. The lowest BCUT2D eigenvalue weighted by Crippen LogP contribution is -2.63. The second kappa shape index (κ2) is 6.03. The van der Waals surface area contributed by atoms with Gasteiger partial charge in [-0.3, -0.25) is 10.1 Å². The van der Waals surface area contributed by atoms with Gasteiger partial charge in [0.05, 0.1) is 0 Å². The summed E-state index contributed by atoms with van der Waals surface area (Å²) in [6.07, 6.45) is 0.718. The molecule has 3 amide bonds. The lowest BCUT2D eigenvalue weighted by Gasteiger charge is -2.35. The number of fused-ring (bicyclic) bond motifs is 1. The summed E-state index contributed by atoms with van der Waals surface area (Å²) < 4.78 is 0. The zero-order valence-corrected chi connectivity index (χ0v) is 13.2. The van der Waals surface area contributed by atoms with Crippen LogP contribution in [0.2, 0.25) is 0 Å². The van der Waals surface area contributed by atoms with Gasteiger partial charge in [-0.15, -0.1) is 0 Å². The van der Waals surface area contributed by atoms with Crippen molar-refractivity contribution >= 4 is 28.9 Å².